The van der Waals surface area contributed by atoms with E-state index < -0.39 is 0 Å². The summed E-state index contributed by atoms with van der Waals surface area (Å²) >= 11 is 1.19. The number of hydrogen-bond donors (Lipinski definition) is 3. The molecule has 2 aromatic rings. The molecule has 0 atom stereocenters. The van der Waals surface area contributed by atoms with Gasteiger partial charge in [0.05, 0.1) is 18.1 Å². The fourth-order valence-electron chi connectivity index (χ4n) is 1.15. The van der Waals surface area contributed by atoms with Crippen LogP contribution in [0.2, 0.25) is 0 Å². The van der Waals surface area contributed by atoms with Crippen molar-refractivity contribution in [2.75, 3.05) is 23.4 Å². The van der Waals surface area contributed by atoms with Crippen LogP contribution < -0.4 is 16.4 Å². The number of nitrogens with zero attached hydrogens (tertiary/aromatic N) is 3. The van der Waals surface area contributed by atoms with Crippen molar-refractivity contribution in [2.24, 2.45) is 0 Å². The second-order valence-electron chi connectivity index (χ2n) is 3.06. The highest BCUT2D eigenvalue weighted by molar-refractivity contribution is 7.18. The molecule has 0 aliphatic heterocycles. The lowest BCUT2D eigenvalue weighted by atomic mass is 10.4. The Kier molecular flexibility index (Phi) is 3.15. The van der Waals surface area contributed by atoms with Crippen LogP contribution in [-0.4, -0.2) is 27.9 Å². The lowest BCUT2D eigenvalue weighted by Crippen LogP contribution is -2.12. The maximum Gasteiger partial charge on any atom is 0.269 e. The van der Waals surface area contributed by atoms with E-state index in [1.807, 2.05) is 0 Å². The molecule has 0 aliphatic rings. The van der Waals surface area contributed by atoms with Crippen molar-refractivity contribution in [3.8, 4) is 0 Å². The first-order valence-electron chi connectivity index (χ1n) is 4.71. The van der Waals surface area contributed by atoms with E-state index in [2.05, 4.69) is 25.6 Å². The highest BCUT2D eigenvalue weighted by Crippen LogP contribution is 2.25. The number of aromatic nitrogens is 3. The van der Waals surface area contributed by atoms with E-state index in [0.29, 0.717) is 15.7 Å². The summed E-state index contributed by atoms with van der Waals surface area (Å²) in [5.74, 6) is -0.120. The molecule has 0 radical (unpaired) electrons. The second-order valence-corrected chi connectivity index (χ2v) is 4.06. The lowest BCUT2D eigenvalue weighted by molar-refractivity contribution is 0.103. The third-order valence-corrected chi connectivity index (χ3v) is 2.98. The summed E-state index contributed by atoms with van der Waals surface area (Å²) in [5, 5.41) is 6.06. The van der Waals surface area contributed by atoms with Crippen LogP contribution in [0.5, 0.6) is 0 Å². The van der Waals surface area contributed by atoms with Crippen LogP contribution in [-0.2, 0) is 0 Å². The molecule has 8 heteroatoms. The third kappa shape index (κ3) is 2.48. The van der Waals surface area contributed by atoms with Gasteiger partial charge in [0.2, 0.25) is 0 Å². The topological polar surface area (TPSA) is 106 Å². The van der Waals surface area contributed by atoms with Gasteiger partial charge in [-0.2, -0.15) is 0 Å². The molecular formula is C9H10N6OS. The fourth-order valence-corrected chi connectivity index (χ4v) is 1.89. The average Bonchev–Trinajstić information content (AvgIpc) is 2.72. The van der Waals surface area contributed by atoms with Crippen LogP contribution in [0.4, 0.5) is 16.6 Å². The Morgan fingerprint density at radius 1 is 1.41 bits per heavy atom. The molecule has 0 saturated carbocycles. The standard InChI is InChI=1S/C9H10N6OS/c1-11-9-15-7(10)6(17-9)8(16)14-5-2-12-4-13-3-5/h2-4H,10H2,1H3,(H,11,15)(H,14,16). The molecule has 0 saturated heterocycles. The monoisotopic (exact) mass is 250 g/mol. The minimum atomic E-state index is -0.323. The van der Waals surface area contributed by atoms with Crippen LogP contribution in [0.25, 0.3) is 0 Å². The van der Waals surface area contributed by atoms with Crippen LogP contribution in [0.15, 0.2) is 18.7 Å². The number of amides is 1. The summed E-state index contributed by atoms with van der Waals surface area (Å²) in [4.78, 5) is 23.8. The van der Waals surface area contributed by atoms with E-state index >= 15 is 0 Å². The normalized spacial score (nSPS) is 9.94. The van der Waals surface area contributed by atoms with E-state index in [-0.39, 0.29) is 11.7 Å². The first-order chi connectivity index (χ1) is 8.20. The van der Waals surface area contributed by atoms with Gasteiger partial charge in [-0.05, 0) is 0 Å². The molecule has 17 heavy (non-hydrogen) atoms. The number of carbonyl (C=O) groups is 1. The maximum atomic E-state index is 11.9. The summed E-state index contributed by atoms with van der Waals surface area (Å²) < 4.78 is 0. The zero-order valence-electron chi connectivity index (χ0n) is 8.97. The Morgan fingerprint density at radius 2 is 2.12 bits per heavy atom. The molecule has 0 spiro atoms. The Labute approximate surface area is 101 Å². The number of nitrogens with one attached hydrogen (secondary N) is 2. The van der Waals surface area contributed by atoms with Crippen molar-refractivity contribution in [2.45, 2.75) is 0 Å². The van der Waals surface area contributed by atoms with Gasteiger partial charge < -0.3 is 16.4 Å². The van der Waals surface area contributed by atoms with Crippen molar-refractivity contribution in [3.63, 3.8) is 0 Å². The van der Waals surface area contributed by atoms with Crippen molar-refractivity contribution < 1.29 is 4.79 Å². The number of hydrogen-bond acceptors (Lipinski definition) is 7. The predicted molar refractivity (Wildman–Crippen MR) is 66.1 cm³/mol. The summed E-state index contributed by atoms with van der Waals surface area (Å²) in [6.45, 7) is 0. The smallest absolute Gasteiger partial charge is 0.269 e. The number of nitrogen functional groups attached to an aromatic ring is 1. The molecule has 2 rings (SSSR count). The quantitative estimate of drug-likeness (QED) is 0.744. The number of carbonyl (C=O) groups excluding carboxylic acids is 1. The summed E-state index contributed by atoms with van der Waals surface area (Å²) in [7, 11) is 1.71. The highest BCUT2D eigenvalue weighted by atomic mass is 32.1. The van der Waals surface area contributed by atoms with Gasteiger partial charge in [0.25, 0.3) is 5.91 Å². The maximum absolute atomic E-state index is 11.9. The molecule has 1 amide bonds. The first-order valence-corrected chi connectivity index (χ1v) is 5.52. The van der Waals surface area contributed by atoms with E-state index in [4.69, 9.17) is 5.73 Å². The minimum Gasteiger partial charge on any atom is -0.382 e. The molecule has 0 fully saturated rings. The Balaban J connectivity index is 2.17. The molecule has 0 unspecified atom stereocenters. The minimum absolute atomic E-state index is 0.202. The zero-order chi connectivity index (χ0) is 12.3. The molecule has 88 valence electrons. The van der Waals surface area contributed by atoms with Gasteiger partial charge in [-0.3, -0.25) is 4.79 Å². The Morgan fingerprint density at radius 3 is 2.71 bits per heavy atom. The van der Waals surface area contributed by atoms with Gasteiger partial charge in [0.1, 0.15) is 17.0 Å². The van der Waals surface area contributed by atoms with Crippen LogP contribution in [0, 0.1) is 0 Å². The Hall–Kier alpha value is -2.22. The highest BCUT2D eigenvalue weighted by Gasteiger charge is 2.15. The molecule has 0 aromatic carbocycles. The van der Waals surface area contributed by atoms with Crippen molar-refractivity contribution in [1.29, 1.82) is 0 Å². The third-order valence-electron chi connectivity index (χ3n) is 1.89. The first kappa shape index (κ1) is 11.3. The van der Waals surface area contributed by atoms with Gasteiger partial charge in [0.15, 0.2) is 5.13 Å². The van der Waals surface area contributed by atoms with Gasteiger partial charge in [-0.1, -0.05) is 11.3 Å². The second kappa shape index (κ2) is 4.74. The van der Waals surface area contributed by atoms with Crippen LogP contribution in [0.3, 0.4) is 0 Å². The van der Waals surface area contributed by atoms with Crippen molar-refractivity contribution in [3.05, 3.63) is 23.6 Å². The molecule has 0 aliphatic carbocycles. The molecule has 2 heterocycles. The fraction of sp³-hybridized carbons (Fsp3) is 0.111. The average molecular weight is 250 g/mol. The molecule has 2 aromatic heterocycles. The van der Waals surface area contributed by atoms with E-state index in [1.165, 1.54) is 30.1 Å². The van der Waals surface area contributed by atoms with Crippen molar-refractivity contribution >= 4 is 33.9 Å². The number of anilines is 3. The number of thiazole rings is 1. The summed E-state index contributed by atoms with van der Waals surface area (Å²) in [6, 6.07) is 0. The van der Waals surface area contributed by atoms with Crippen LogP contribution >= 0.6 is 11.3 Å². The van der Waals surface area contributed by atoms with Crippen molar-refractivity contribution in [1.82, 2.24) is 15.0 Å². The number of nitrogens with two attached hydrogens (primary N) is 1. The lowest BCUT2D eigenvalue weighted by Gasteiger charge is -2.01. The van der Waals surface area contributed by atoms with E-state index in [9.17, 15) is 4.79 Å². The molecular weight excluding hydrogens is 240 g/mol. The summed E-state index contributed by atoms with van der Waals surface area (Å²) in [5.41, 5.74) is 6.15. The van der Waals surface area contributed by atoms with Gasteiger partial charge >= 0.3 is 0 Å². The van der Waals surface area contributed by atoms with Crippen LogP contribution in [0.1, 0.15) is 9.67 Å². The molecule has 7 nitrogen and oxygen atoms in total. The van der Waals surface area contributed by atoms with E-state index in [1.54, 1.807) is 7.05 Å². The largest absolute Gasteiger partial charge is 0.382 e. The SMILES string of the molecule is CNc1nc(N)c(C(=O)Nc2cncnc2)s1. The zero-order valence-corrected chi connectivity index (χ0v) is 9.78. The Bertz CT molecular complexity index is 526. The van der Waals surface area contributed by atoms with Gasteiger partial charge in [0, 0.05) is 7.05 Å². The van der Waals surface area contributed by atoms with Gasteiger partial charge in [-0.15, -0.1) is 0 Å². The predicted octanol–water partition coefficient (Wildman–Crippen LogP) is 0.809. The molecule has 0 bridgehead atoms. The molecule has 4 N–H and O–H groups in total. The summed E-state index contributed by atoms with van der Waals surface area (Å²) in [6.07, 6.45) is 4.39. The van der Waals surface area contributed by atoms with Gasteiger partial charge in [-0.25, -0.2) is 15.0 Å². The number of rotatable bonds is 3. The van der Waals surface area contributed by atoms with E-state index in [0.717, 1.165) is 0 Å².